The summed E-state index contributed by atoms with van der Waals surface area (Å²) in [5.41, 5.74) is 2.84. The number of carbonyl (C=O) groups excluding carboxylic acids is 4. The molecule has 1 aromatic heterocycles. The Morgan fingerprint density at radius 2 is 1.79 bits per heavy atom. The quantitative estimate of drug-likeness (QED) is 0.282. The Hall–Kier alpha value is -3.51. The third-order valence-electron chi connectivity index (χ3n) is 4.93. The highest BCUT2D eigenvalue weighted by atomic mass is 19.1. The Balaban J connectivity index is 2.70. The molecule has 2 atom stereocenters. The summed E-state index contributed by atoms with van der Waals surface area (Å²) in [7, 11) is 1.31. The molecule has 1 aromatic rings. The zero-order valence-corrected chi connectivity index (χ0v) is 19.7. The molecule has 1 rings (SSSR count). The number of aromatic amines is 1. The van der Waals surface area contributed by atoms with Gasteiger partial charge in [0.1, 0.15) is 6.04 Å². The molecule has 0 fully saturated rings. The molecule has 0 unspecified atom stereocenters. The van der Waals surface area contributed by atoms with Gasteiger partial charge in [0.25, 0.3) is 5.56 Å². The molecular formula is C21H33FN6O6. The number of halogens is 1. The van der Waals surface area contributed by atoms with E-state index in [2.05, 4.69) is 17.6 Å². The summed E-state index contributed by atoms with van der Waals surface area (Å²) >= 11 is 0. The van der Waals surface area contributed by atoms with Crippen LogP contribution in [-0.2, 0) is 14.4 Å². The number of unbranched alkanes of at least 4 members (excludes halogenated alkanes) is 4. The molecule has 34 heavy (non-hydrogen) atoms. The molecule has 0 aliphatic carbocycles. The Labute approximate surface area is 196 Å². The zero-order valence-electron chi connectivity index (χ0n) is 19.7. The van der Waals surface area contributed by atoms with E-state index in [4.69, 9.17) is 5.73 Å². The second-order valence-corrected chi connectivity index (χ2v) is 8.13. The van der Waals surface area contributed by atoms with Gasteiger partial charge < -0.3 is 21.3 Å². The first kappa shape index (κ1) is 28.5. The van der Waals surface area contributed by atoms with Gasteiger partial charge in [-0.05, 0) is 13.3 Å². The lowest BCUT2D eigenvalue weighted by Crippen LogP contribution is -2.53. The van der Waals surface area contributed by atoms with E-state index in [0.29, 0.717) is 17.2 Å². The zero-order chi connectivity index (χ0) is 25.8. The maximum Gasteiger partial charge on any atom is 0.336 e. The van der Waals surface area contributed by atoms with Crippen molar-refractivity contribution in [2.45, 2.75) is 70.9 Å². The number of nitrogens with two attached hydrogens (primary N) is 1. The van der Waals surface area contributed by atoms with Gasteiger partial charge in [-0.15, -0.1) is 0 Å². The predicted molar refractivity (Wildman–Crippen MR) is 121 cm³/mol. The minimum Gasteiger partial charge on any atom is -0.370 e. The van der Waals surface area contributed by atoms with E-state index < -0.39 is 53.4 Å². The molecule has 0 aliphatic rings. The van der Waals surface area contributed by atoms with Crippen molar-refractivity contribution in [3.63, 3.8) is 0 Å². The molecule has 190 valence electrons. The fraction of sp³-hybridized carbons (Fsp3) is 0.619. The summed E-state index contributed by atoms with van der Waals surface area (Å²) in [6, 6.07) is -2.79. The molecule has 0 saturated carbocycles. The molecular weight excluding hydrogens is 451 g/mol. The second-order valence-electron chi connectivity index (χ2n) is 8.13. The highest BCUT2D eigenvalue weighted by Gasteiger charge is 2.25. The van der Waals surface area contributed by atoms with Crippen LogP contribution >= 0.6 is 0 Å². The fourth-order valence-electron chi connectivity index (χ4n) is 3.22. The lowest BCUT2D eigenvalue weighted by atomic mass is 10.1. The summed E-state index contributed by atoms with van der Waals surface area (Å²) in [4.78, 5) is 74.2. The Bertz CT molecular complexity index is 991. The van der Waals surface area contributed by atoms with Crippen LogP contribution in [0.4, 0.5) is 9.18 Å². The van der Waals surface area contributed by atoms with E-state index in [1.165, 1.54) is 7.05 Å². The van der Waals surface area contributed by atoms with E-state index in [1.54, 1.807) is 11.9 Å². The third kappa shape index (κ3) is 9.55. The Kier molecular flexibility index (Phi) is 11.7. The number of rotatable bonds is 13. The summed E-state index contributed by atoms with van der Waals surface area (Å²) in [6.07, 6.45) is 4.99. The van der Waals surface area contributed by atoms with Crippen LogP contribution in [0.2, 0.25) is 0 Å². The molecule has 0 radical (unpaired) electrons. The molecule has 0 saturated heterocycles. The van der Waals surface area contributed by atoms with Crippen molar-refractivity contribution in [2.75, 3.05) is 13.6 Å². The van der Waals surface area contributed by atoms with Crippen molar-refractivity contribution in [3.05, 3.63) is 32.9 Å². The van der Waals surface area contributed by atoms with Crippen molar-refractivity contribution in [1.82, 2.24) is 25.1 Å². The van der Waals surface area contributed by atoms with Gasteiger partial charge >= 0.3 is 11.7 Å². The van der Waals surface area contributed by atoms with Crippen molar-refractivity contribution in [2.24, 2.45) is 5.73 Å². The van der Waals surface area contributed by atoms with Gasteiger partial charge in [-0.25, -0.2) is 14.2 Å². The standard InChI is InChI=1S/C21H33FN6O6/c1-4-5-6-7-8-9-17(30)25-15(10-16(23)29)19(32)24-13(2)11-27(3)21(34)28-12-14(22)18(31)26-20(28)33/h12-13,15H,4-11H2,1-3H3,(H2,23,29)(H,24,32)(H,25,30)(H,26,31,33)/t13-,15+/m0/s1. The average Bonchev–Trinajstić information content (AvgIpc) is 2.74. The van der Waals surface area contributed by atoms with Crippen molar-refractivity contribution < 1.29 is 23.6 Å². The van der Waals surface area contributed by atoms with Crippen molar-refractivity contribution >= 4 is 23.8 Å². The van der Waals surface area contributed by atoms with Crippen LogP contribution in [0.25, 0.3) is 0 Å². The van der Waals surface area contributed by atoms with Gasteiger partial charge in [0, 0.05) is 26.1 Å². The van der Waals surface area contributed by atoms with Gasteiger partial charge in [-0.3, -0.25) is 24.2 Å². The van der Waals surface area contributed by atoms with Gasteiger partial charge in [0.05, 0.1) is 12.6 Å². The first-order chi connectivity index (χ1) is 16.0. The lowest BCUT2D eigenvalue weighted by Gasteiger charge is -2.25. The summed E-state index contributed by atoms with van der Waals surface area (Å²) in [5.74, 6) is -3.13. The summed E-state index contributed by atoms with van der Waals surface area (Å²) < 4.78 is 13.8. The summed E-state index contributed by atoms with van der Waals surface area (Å²) in [5, 5.41) is 5.08. The lowest BCUT2D eigenvalue weighted by molar-refractivity contribution is -0.131. The number of hydrogen-bond donors (Lipinski definition) is 4. The molecule has 0 bridgehead atoms. The largest absolute Gasteiger partial charge is 0.370 e. The number of nitrogens with one attached hydrogen (secondary N) is 3. The smallest absolute Gasteiger partial charge is 0.336 e. The molecule has 4 amide bonds. The van der Waals surface area contributed by atoms with Crippen LogP contribution in [0.5, 0.6) is 0 Å². The highest BCUT2D eigenvalue weighted by molar-refractivity contribution is 5.91. The van der Waals surface area contributed by atoms with Gasteiger partial charge in [0.15, 0.2) is 0 Å². The number of amides is 4. The third-order valence-corrected chi connectivity index (χ3v) is 4.93. The number of hydrogen-bond acceptors (Lipinski definition) is 6. The maximum atomic E-state index is 13.4. The van der Waals surface area contributed by atoms with Crippen molar-refractivity contribution in [1.29, 1.82) is 0 Å². The predicted octanol–water partition coefficient (Wildman–Crippen LogP) is -0.199. The minimum atomic E-state index is -1.31. The number of nitrogens with zero attached hydrogens (tertiary/aromatic N) is 2. The number of aromatic nitrogens is 2. The molecule has 1 heterocycles. The number of primary amides is 1. The fourth-order valence-corrected chi connectivity index (χ4v) is 3.22. The van der Waals surface area contributed by atoms with E-state index >= 15 is 0 Å². The molecule has 0 aliphatic heterocycles. The first-order valence-corrected chi connectivity index (χ1v) is 11.1. The monoisotopic (exact) mass is 484 g/mol. The topological polar surface area (TPSA) is 176 Å². The molecule has 5 N–H and O–H groups in total. The number of carbonyl (C=O) groups is 4. The van der Waals surface area contributed by atoms with Crippen LogP contribution < -0.4 is 27.6 Å². The first-order valence-electron chi connectivity index (χ1n) is 11.1. The molecule has 12 nitrogen and oxygen atoms in total. The van der Waals surface area contributed by atoms with Crippen LogP contribution in [0.1, 0.15) is 58.8 Å². The highest BCUT2D eigenvalue weighted by Crippen LogP contribution is 2.05. The number of likely N-dealkylation sites (N-methyl/N-ethyl adjacent to an activating group) is 1. The minimum absolute atomic E-state index is 0.105. The van der Waals surface area contributed by atoms with Crippen LogP contribution in [0.15, 0.2) is 15.8 Å². The van der Waals surface area contributed by atoms with E-state index in [-0.39, 0.29) is 18.9 Å². The normalized spacial score (nSPS) is 12.5. The summed E-state index contributed by atoms with van der Waals surface area (Å²) in [6.45, 7) is 3.53. The second kappa shape index (κ2) is 13.9. The van der Waals surface area contributed by atoms with Crippen LogP contribution in [0.3, 0.4) is 0 Å². The van der Waals surface area contributed by atoms with Gasteiger partial charge in [0.2, 0.25) is 23.5 Å². The van der Waals surface area contributed by atoms with Gasteiger partial charge in [-0.1, -0.05) is 32.6 Å². The van der Waals surface area contributed by atoms with E-state index in [0.717, 1.165) is 30.6 Å². The van der Waals surface area contributed by atoms with E-state index in [9.17, 15) is 33.2 Å². The molecule has 13 heteroatoms. The van der Waals surface area contributed by atoms with Crippen LogP contribution in [-0.4, -0.2) is 63.9 Å². The SMILES string of the molecule is CCCCCCCC(=O)N[C@H](CC(N)=O)C(=O)N[C@@H](C)CN(C)C(=O)n1cc(F)c(=O)[nH]c1=O. The van der Waals surface area contributed by atoms with Crippen molar-refractivity contribution in [3.8, 4) is 0 Å². The van der Waals surface area contributed by atoms with E-state index in [1.807, 2.05) is 0 Å². The molecule has 0 aromatic carbocycles. The Morgan fingerprint density at radius 1 is 1.15 bits per heavy atom. The van der Waals surface area contributed by atoms with Gasteiger partial charge in [-0.2, -0.15) is 4.39 Å². The maximum absolute atomic E-state index is 13.4. The molecule has 0 spiro atoms. The van der Waals surface area contributed by atoms with Crippen LogP contribution in [0, 0.1) is 5.82 Å². The average molecular weight is 485 g/mol. The number of H-pyrrole nitrogens is 1. The Morgan fingerprint density at radius 3 is 2.41 bits per heavy atom.